The molecule has 0 unspecified atom stereocenters. The number of halogens is 4. The Morgan fingerprint density at radius 2 is 1.97 bits per heavy atom. The van der Waals surface area contributed by atoms with Crippen molar-refractivity contribution in [2.75, 3.05) is 49.7 Å². The number of hydrogen-bond acceptors (Lipinski definition) is 7. The van der Waals surface area contributed by atoms with Gasteiger partial charge in [-0.3, -0.25) is 9.69 Å². The van der Waals surface area contributed by atoms with Crippen molar-refractivity contribution in [1.29, 1.82) is 0 Å². The van der Waals surface area contributed by atoms with Crippen LogP contribution in [0.2, 0.25) is 5.02 Å². The maximum atomic E-state index is 16.3. The smallest absolute Gasteiger partial charge is 0.246 e. The van der Waals surface area contributed by atoms with Gasteiger partial charge in [-0.05, 0) is 44.7 Å². The molecule has 0 aliphatic carbocycles. The quantitative estimate of drug-likeness (QED) is 0.370. The number of phenolic OH excluding ortho intramolecular Hbond substituents is 1. The lowest BCUT2D eigenvalue weighted by Gasteiger charge is -2.42. The summed E-state index contributed by atoms with van der Waals surface area (Å²) in [5, 5.41) is 10.3. The number of benzene rings is 2. The zero-order chi connectivity index (χ0) is 28.0. The van der Waals surface area contributed by atoms with Crippen LogP contribution in [0.25, 0.3) is 22.0 Å². The number of nitrogens with zero attached hydrogens (tertiary/aromatic N) is 6. The lowest BCUT2D eigenvalue weighted by atomic mass is 10.0. The Labute approximate surface area is 228 Å². The molecule has 2 aliphatic heterocycles. The summed E-state index contributed by atoms with van der Waals surface area (Å²) in [7, 11) is 1.93. The first kappa shape index (κ1) is 27.0. The predicted molar refractivity (Wildman–Crippen MR) is 145 cm³/mol. The number of aromatic nitrogens is 2. The summed E-state index contributed by atoms with van der Waals surface area (Å²) in [6.45, 7) is 7.03. The van der Waals surface area contributed by atoms with Crippen LogP contribution < -0.4 is 9.80 Å². The minimum absolute atomic E-state index is 0.0707. The number of hydrogen-bond donors (Lipinski definition) is 1. The summed E-state index contributed by atoms with van der Waals surface area (Å²) >= 11 is 6.49. The number of carbonyl (C=O) groups is 1. The highest BCUT2D eigenvalue weighted by Gasteiger charge is 2.36. The number of phenols is 1. The van der Waals surface area contributed by atoms with Crippen LogP contribution in [0, 0.1) is 11.6 Å². The van der Waals surface area contributed by atoms with E-state index in [-0.39, 0.29) is 46.3 Å². The van der Waals surface area contributed by atoms with E-state index in [0.717, 1.165) is 25.1 Å². The van der Waals surface area contributed by atoms with E-state index in [9.17, 15) is 14.3 Å². The van der Waals surface area contributed by atoms with Gasteiger partial charge in [0.25, 0.3) is 0 Å². The van der Waals surface area contributed by atoms with Crippen molar-refractivity contribution in [3.63, 3.8) is 0 Å². The maximum absolute atomic E-state index is 16.3. The zero-order valence-corrected chi connectivity index (χ0v) is 22.3. The number of amides is 1. The molecule has 39 heavy (non-hydrogen) atoms. The molecule has 8 nitrogen and oxygen atoms in total. The summed E-state index contributed by atoms with van der Waals surface area (Å²) < 4.78 is 46.7. The molecule has 3 aromatic rings. The van der Waals surface area contributed by atoms with Gasteiger partial charge in [0, 0.05) is 36.6 Å². The molecule has 2 aliphatic rings. The van der Waals surface area contributed by atoms with Crippen LogP contribution in [0.4, 0.5) is 24.9 Å². The molecule has 0 saturated carbocycles. The van der Waals surface area contributed by atoms with E-state index in [1.165, 1.54) is 28.0 Å². The Hall–Kier alpha value is -3.57. The second-order valence-corrected chi connectivity index (χ2v) is 10.3. The average molecular weight is 561 g/mol. The molecule has 0 spiro atoms. The monoisotopic (exact) mass is 560 g/mol. The van der Waals surface area contributed by atoms with Crippen LogP contribution in [0.15, 0.2) is 36.9 Å². The van der Waals surface area contributed by atoms with Gasteiger partial charge in [0.05, 0.1) is 23.8 Å². The molecular weight excluding hydrogens is 533 g/mol. The highest BCUT2D eigenvalue weighted by molar-refractivity contribution is 6.34. The molecule has 12 heteroatoms. The van der Waals surface area contributed by atoms with E-state index < -0.39 is 41.2 Å². The van der Waals surface area contributed by atoms with Gasteiger partial charge in [0.2, 0.25) is 11.9 Å². The van der Waals surface area contributed by atoms with E-state index in [1.807, 2.05) is 11.9 Å². The Morgan fingerprint density at radius 3 is 2.67 bits per heavy atom. The number of alkyl halides is 1. The zero-order valence-electron chi connectivity index (χ0n) is 21.5. The second-order valence-electron chi connectivity index (χ2n) is 9.89. The fraction of sp³-hybridized carbons (Fsp3) is 0.370. The molecule has 2 saturated heterocycles. The lowest BCUT2D eigenvalue weighted by molar-refractivity contribution is -0.129. The molecule has 1 aromatic heterocycles. The molecule has 2 aromatic carbocycles. The van der Waals surface area contributed by atoms with E-state index in [2.05, 4.69) is 21.4 Å². The van der Waals surface area contributed by atoms with Crippen LogP contribution in [0.1, 0.15) is 13.3 Å². The van der Waals surface area contributed by atoms with Crippen molar-refractivity contribution in [3.8, 4) is 16.9 Å². The van der Waals surface area contributed by atoms with Gasteiger partial charge in [0.15, 0.2) is 12.1 Å². The maximum Gasteiger partial charge on any atom is 0.246 e. The van der Waals surface area contributed by atoms with Crippen LogP contribution in [0.5, 0.6) is 5.75 Å². The van der Waals surface area contributed by atoms with Crippen LogP contribution >= 0.6 is 11.6 Å². The molecule has 2 atom stereocenters. The van der Waals surface area contributed by atoms with Gasteiger partial charge in [-0.25, -0.2) is 18.2 Å². The van der Waals surface area contributed by atoms with Crippen molar-refractivity contribution in [3.05, 3.63) is 53.6 Å². The molecule has 5 rings (SSSR count). The third-order valence-electron chi connectivity index (χ3n) is 7.16. The number of anilines is 2. The Balaban J connectivity index is 1.72. The van der Waals surface area contributed by atoms with E-state index in [1.54, 1.807) is 6.92 Å². The third-order valence-corrected chi connectivity index (χ3v) is 7.46. The first-order valence-electron chi connectivity index (χ1n) is 12.6. The Bertz CT molecular complexity index is 1440. The summed E-state index contributed by atoms with van der Waals surface area (Å²) in [5.41, 5.74) is -0.928. The summed E-state index contributed by atoms with van der Waals surface area (Å²) in [6.07, 6.45) is 0.298. The standard InChI is InChI=1S/C27H28ClF3N6O2/c1-4-21(39)36-13-20(30)37(12-15(36)2)26-16-11-17(28)22(23-18(29)7-5-8-19(23)38)24(31)25(16)32-27(33-26)35-10-6-9-34(3)14-35/h4-5,7-8,11,15,20,38H,1,6,9-10,12-14H2,2-3H3/t15-,20-/m1/s1. The molecule has 3 heterocycles. The minimum atomic E-state index is -1.66. The Morgan fingerprint density at radius 1 is 1.21 bits per heavy atom. The molecule has 0 radical (unpaired) electrons. The molecular formula is C27H28ClF3N6O2. The Kier molecular flexibility index (Phi) is 7.30. The molecule has 1 amide bonds. The number of carbonyl (C=O) groups excluding carboxylic acids is 1. The van der Waals surface area contributed by atoms with Gasteiger partial charge < -0.3 is 19.8 Å². The SMILES string of the molecule is C=CC(=O)N1C[C@H](F)N(c2nc(N3CCCN(C)C3)nc3c(F)c(-c4c(O)cccc4F)c(Cl)cc23)C[C@H]1C. The fourth-order valence-corrected chi connectivity index (χ4v) is 5.51. The first-order chi connectivity index (χ1) is 18.6. The predicted octanol–water partition coefficient (Wildman–Crippen LogP) is 4.55. The number of piperazine rings is 1. The van der Waals surface area contributed by atoms with Crippen LogP contribution in [0.3, 0.4) is 0 Å². The van der Waals surface area contributed by atoms with Crippen molar-refractivity contribution in [1.82, 2.24) is 19.8 Å². The van der Waals surface area contributed by atoms with Gasteiger partial charge >= 0.3 is 0 Å². The van der Waals surface area contributed by atoms with E-state index in [0.29, 0.717) is 13.2 Å². The number of rotatable bonds is 4. The minimum Gasteiger partial charge on any atom is -0.507 e. The second kappa shape index (κ2) is 10.5. The molecule has 2 fully saturated rings. The van der Waals surface area contributed by atoms with Gasteiger partial charge in [-0.15, -0.1) is 0 Å². The summed E-state index contributed by atoms with van der Waals surface area (Å²) in [4.78, 5) is 28.1. The molecule has 1 N–H and O–H groups in total. The lowest BCUT2D eigenvalue weighted by Crippen LogP contribution is -2.57. The third kappa shape index (κ3) is 4.85. The highest BCUT2D eigenvalue weighted by atomic mass is 35.5. The van der Waals surface area contributed by atoms with Crippen LogP contribution in [-0.4, -0.2) is 83.0 Å². The topological polar surface area (TPSA) is 76.0 Å². The van der Waals surface area contributed by atoms with Gasteiger partial charge in [-0.2, -0.15) is 4.98 Å². The number of aromatic hydroxyl groups is 1. The van der Waals surface area contributed by atoms with Crippen molar-refractivity contribution in [2.24, 2.45) is 0 Å². The molecule has 206 valence electrons. The summed E-state index contributed by atoms with van der Waals surface area (Å²) in [5.74, 6) is -2.40. The highest BCUT2D eigenvalue weighted by Crippen LogP contribution is 2.43. The number of fused-ring (bicyclic) bond motifs is 1. The molecule has 0 bridgehead atoms. The summed E-state index contributed by atoms with van der Waals surface area (Å²) in [6, 6.07) is 4.59. The van der Waals surface area contributed by atoms with Crippen LogP contribution in [-0.2, 0) is 4.79 Å². The first-order valence-corrected chi connectivity index (χ1v) is 12.9. The van der Waals surface area contributed by atoms with Gasteiger partial charge in [0.1, 0.15) is 22.9 Å². The average Bonchev–Trinajstić information content (AvgIpc) is 2.90. The van der Waals surface area contributed by atoms with Crippen molar-refractivity contribution < 1.29 is 23.1 Å². The van der Waals surface area contributed by atoms with E-state index >= 15 is 8.78 Å². The largest absolute Gasteiger partial charge is 0.507 e. The van der Waals surface area contributed by atoms with E-state index in [4.69, 9.17) is 11.6 Å². The van der Waals surface area contributed by atoms with Crippen molar-refractivity contribution >= 4 is 40.2 Å². The fourth-order valence-electron chi connectivity index (χ4n) is 5.23. The normalized spacial score (nSPS) is 20.5. The van der Waals surface area contributed by atoms with Crippen molar-refractivity contribution in [2.45, 2.75) is 25.7 Å². The van der Waals surface area contributed by atoms with Gasteiger partial charge in [-0.1, -0.05) is 24.2 Å².